The number of likely N-dealkylation sites (N-methyl/N-ethyl adjacent to an activating group) is 4. The second-order valence-corrected chi connectivity index (χ2v) is 27.9. The van der Waals surface area contributed by atoms with Crippen molar-refractivity contribution in [3.63, 3.8) is 0 Å². The van der Waals surface area contributed by atoms with Crippen LogP contribution in [0.4, 0.5) is 11.4 Å². The number of cyclic esters (lactones) is 2. The second-order valence-electron chi connectivity index (χ2n) is 27.9. The number of non-ortho nitro benzene ring substituents is 1. The summed E-state index contributed by atoms with van der Waals surface area (Å²) in [6.45, 7) is 17.5. The minimum atomic E-state index is -1.95. The number of nitrogens with one attached hydrogen (secondary N) is 4. The maximum absolute atomic E-state index is 15.7. The van der Waals surface area contributed by atoms with Crippen LogP contribution in [-0.4, -0.2) is 225 Å². The quantitative estimate of drug-likeness (QED) is 0.0446. The Labute approximate surface area is 583 Å². The first-order valence-electron chi connectivity index (χ1n) is 33.7. The number of nitrogen functional groups attached to an aromatic ring is 1. The molecule has 0 unspecified atom stereocenters. The summed E-state index contributed by atoms with van der Waals surface area (Å²) >= 11 is 0. The SMILES string of the molecule is Cc1c2oc3c(C)c(OCc4ccc([N+](=O)[O-])cc4)cc(C(=O)N[C@@H]4C(=O)N[C@H](C(C)C)C(=O)N5CCC[C@@H]5C(=O)N(C)CC(=O)N(C)[C@@H](C(C)C)C(=O)O[C@@H]4C)c3nc-2c(C(=O)N[C@H]2C(=O)N[C@@H](C(C)C)C(=O)N3CCC[C@H]3C(=O)N(C)CC(=O)N(C)[C@H](C(C)C)C(=O)O[C@H]2C)c(N)c1=O. The third-order valence-corrected chi connectivity index (χ3v) is 19.2. The molecule has 6 N–H and O–H groups in total. The van der Waals surface area contributed by atoms with Crippen molar-refractivity contribution in [3.05, 3.63) is 78.5 Å². The summed E-state index contributed by atoms with van der Waals surface area (Å²) in [7, 11) is 5.51. The Morgan fingerprint density at radius 1 is 0.663 bits per heavy atom. The van der Waals surface area contributed by atoms with Gasteiger partial charge in [-0.1, -0.05) is 55.4 Å². The average Bonchev–Trinajstić information content (AvgIpc) is 1.36. The lowest BCUT2D eigenvalue weighted by atomic mass is 9.98. The molecule has 5 heterocycles. The van der Waals surface area contributed by atoms with E-state index in [1.54, 1.807) is 55.4 Å². The smallest absolute Gasteiger partial charge is 0.329 e. The standard InChI is InChI=1S/C69H91N13O19/c1-31(2)49-66(92)80-25-17-19-42(80)64(90)76(13)28-45(83)78(15)55(33(5)6)68(94)99-37(11)51(62(88)72-49)74-60(86)41-27-44(98-30-39-21-23-40(24-22-39)82(96)97)35(9)58-53(41)71-54-47(48(70)57(85)36(10)59(54)101-58)61(87)75-52-38(12)100-69(95)56(34(7)8)79(16)46(84)29-77(14)65(91)43-20-18-26-81(43)67(93)50(32(3)4)73-63(52)89/h21-24,27,31-34,37-38,42-43,49-52,55-56H,17-20,25-26,28-30,70H2,1-16H3,(H,72,88)(H,73,89)(H,74,86)(H,75,87)/t37-,38+,42-,43+,49-,50+,51+,52-,55+,56-/m1/s1. The van der Waals surface area contributed by atoms with Gasteiger partial charge in [0.1, 0.15) is 84.1 Å². The van der Waals surface area contributed by atoms with Gasteiger partial charge in [-0.25, -0.2) is 14.6 Å². The largest absolute Gasteiger partial charge is 0.488 e. The number of aromatic nitrogens is 1. The lowest BCUT2D eigenvalue weighted by Gasteiger charge is -2.36. The number of carbonyl (C=O) groups excluding carboxylic acids is 12. The zero-order valence-electron chi connectivity index (χ0n) is 59.7. The molecule has 546 valence electrons. The molecular formula is C69H91N13O19. The topological polar surface area (TPSA) is 412 Å². The number of amides is 10. The molecular weight excluding hydrogens is 1310 g/mol. The number of fused-ring (bicyclic) bond motifs is 4. The predicted molar refractivity (Wildman–Crippen MR) is 363 cm³/mol. The number of esters is 2. The number of carbonyl (C=O) groups is 12. The van der Waals surface area contributed by atoms with Gasteiger partial charge >= 0.3 is 11.9 Å². The summed E-state index contributed by atoms with van der Waals surface area (Å²) in [6, 6.07) is -4.69. The maximum atomic E-state index is 15.7. The van der Waals surface area contributed by atoms with Gasteiger partial charge in [0.2, 0.25) is 52.7 Å². The number of aryl methyl sites for hydroxylation is 1. The molecule has 5 aliphatic heterocycles. The number of nitrogens with zero attached hydrogens (tertiary/aromatic N) is 8. The van der Waals surface area contributed by atoms with Gasteiger partial charge in [0, 0.05) is 64.5 Å². The van der Waals surface area contributed by atoms with Crippen molar-refractivity contribution < 1.29 is 81.1 Å². The fourth-order valence-electron chi connectivity index (χ4n) is 13.3. The molecule has 2 aromatic carbocycles. The number of nitro benzene ring substituents is 1. The van der Waals surface area contributed by atoms with E-state index in [4.69, 9.17) is 29.3 Å². The fourth-order valence-corrected chi connectivity index (χ4v) is 13.3. The third kappa shape index (κ3) is 15.8. The minimum absolute atomic E-state index is 0.0956. The van der Waals surface area contributed by atoms with Crippen LogP contribution in [0.5, 0.6) is 5.75 Å². The molecule has 0 saturated carbocycles. The normalized spacial score (nSPS) is 24.6. The van der Waals surface area contributed by atoms with E-state index in [1.807, 2.05) is 0 Å². The molecule has 6 aliphatic rings. The molecule has 4 fully saturated rings. The Balaban J connectivity index is 1.29. The highest BCUT2D eigenvalue weighted by atomic mass is 16.6. The van der Waals surface area contributed by atoms with Crippen molar-refractivity contribution >= 4 is 93.5 Å². The molecule has 32 heteroatoms. The van der Waals surface area contributed by atoms with Gasteiger partial charge in [0.05, 0.1) is 34.8 Å². The lowest BCUT2D eigenvalue weighted by Crippen LogP contribution is -2.61. The van der Waals surface area contributed by atoms with E-state index in [0.717, 1.165) is 9.80 Å². The number of ether oxygens (including phenoxy) is 3. The Morgan fingerprint density at radius 2 is 1.11 bits per heavy atom. The van der Waals surface area contributed by atoms with Gasteiger partial charge in [0.25, 0.3) is 17.5 Å². The van der Waals surface area contributed by atoms with Crippen molar-refractivity contribution in [2.45, 2.75) is 176 Å². The van der Waals surface area contributed by atoms with Crippen molar-refractivity contribution in [2.24, 2.45) is 23.7 Å². The van der Waals surface area contributed by atoms with Crippen LogP contribution in [-0.2, 0) is 64.0 Å². The van der Waals surface area contributed by atoms with Gasteiger partial charge in [-0.15, -0.1) is 0 Å². The predicted octanol–water partition coefficient (Wildman–Crippen LogP) is 2.21. The summed E-state index contributed by atoms with van der Waals surface area (Å²) in [6.07, 6.45) is -1.96. The Hall–Kier alpha value is -10.3. The molecule has 10 amide bonds. The molecule has 32 nitrogen and oxygen atoms in total. The monoisotopic (exact) mass is 1410 g/mol. The first-order valence-corrected chi connectivity index (χ1v) is 33.7. The van der Waals surface area contributed by atoms with Gasteiger partial charge in [-0.2, -0.15) is 0 Å². The van der Waals surface area contributed by atoms with E-state index in [9.17, 15) is 53.3 Å². The highest BCUT2D eigenvalue weighted by Gasteiger charge is 2.47. The van der Waals surface area contributed by atoms with Crippen LogP contribution in [0.15, 0.2) is 39.5 Å². The average molecular weight is 1410 g/mol. The van der Waals surface area contributed by atoms with E-state index in [1.165, 1.54) is 106 Å². The van der Waals surface area contributed by atoms with Crippen LogP contribution in [0.3, 0.4) is 0 Å². The first kappa shape index (κ1) is 76.5. The van der Waals surface area contributed by atoms with E-state index in [-0.39, 0.29) is 66.4 Å². The van der Waals surface area contributed by atoms with Crippen molar-refractivity contribution in [1.29, 1.82) is 0 Å². The van der Waals surface area contributed by atoms with Crippen LogP contribution in [0.25, 0.3) is 22.6 Å². The molecule has 101 heavy (non-hydrogen) atoms. The number of anilines is 1. The molecule has 0 spiro atoms. The van der Waals surface area contributed by atoms with Crippen LogP contribution in [0.2, 0.25) is 0 Å². The minimum Gasteiger partial charge on any atom is -0.488 e. The van der Waals surface area contributed by atoms with E-state index in [0.29, 0.717) is 18.4 Å². The Bertz CT molecular complexity index is 4000. The van der Waals surface area contributed by atoms with Crippen LogP contribution >= 0.6 is 0 Å². The number of nitro groups is 1. The summed E-state index contributed by atoms with van der Waals surface area (Å²) in [5.41, 5.74) is 2.67. The summed E-state index contributed by atoms with van der Waals surface area (Å²) < 4.78 is 24.9. The van der Waals surface area contributed by atoms with Gasteiger partial charge in [-0.05, 0) is 101 Å². The van der Waals surface area contributed by atoms with Crippen molar-refractivity contribution in [2.75, 3.05) is 60.1 Å². The molecule has 2 aromatic rings. The van der Waals surface area contributed by atoms with Gasteiger partial charge in [0.15, 0.2) is 11.3 Å². The van der Waals surface area contributed by atoms with Crippen molar-refractivity contribution in [1.82, 2.24) is 55.7 Å². The summed E-state index contributed by atoms with van der Waals surface area (Å²) in [4.78, 5) is 213. The summed E-state index contributed by atoms with van der Waals surface area (Å²) in [5, 5.41) is 22.2. The third-order valence-electron chi connectivity index (χ3n) is 19.2. The zero-order chi connectivity index (χ0) is 74.8. The number of benzene rings is 3. The number of rotatable bonds is 12. The van der Waals surface area contributed by atoms with Crippen LogP contribution < -0.4 is 37.2 Å². The van der Waals surface area contributed by atoms with E-state index >= 15 is 19.2 Å². The fraction of sp³-hybridized carbons (Fsp3) is 0.565. The Morgan fingerprint density at radius 3 is 1.53 bits per heavy atom. The number of nitrogens with two attached hydrogens (primary N) is 1. The Kier molecular flexibility index (Phi) is 23.5. The molecule has 1 aliphatic carbocycles. The molecule has 4 saturated heterocycles. The second kappa shape index (κ2) is 31.1. The van der Waals surface area contributed by atoms with E-state index < -0.39 is 207 Å². The van der Waals surface area contributed by atoms with Crippen LogP contribution in [0, 0.1) is 47.6 Å². The molecule has 0 aromatic heterocycles. The van der Waals surface area contributed by atoms with Gasteiger partial charge < -0.3 is 75.0 Å². The van der Waals surface area contributed by atoms with Crippen molar-refractivity contribution in [3.8, 4) is 17.2 Å². The highest BCUT2D eigenvalue weighted by molar-refractivity contribution is 6.11. The van der Waals surface area contributed by atoms with E-state index in [2.05, 4.69) is 21.3 Å². The maximum Gasteiger partial charge on any atom is 0.329 e. The first-order chi connectivity index (χ1) is 47.4. The molecule has 8 rings (SSSR count). The highest BCUT2D eigenvalue weighted by Crippen LogP contribution is 2.39. The molecule has 0 bridgehead atoms. The zero-order valence-corrected chi connectivity index (χ0v) is 59.7. The van der Waals surface area contributed by atoms with Crippen LogP contribution in [0.1, 0.15) is 132 Å². The molecule has 10 atom stereocenters. The lowest BCUT2D eigenvalue weighted by molar-refractivity contribution is -0.384. The molecule has 0 radical (unpaired) electrons. The number of hydrogen-bond acceptors (Lipinski definition) is 21. The number of hydrogen-bond donors (Lipinski definition) is 5. The van der Waals surface area contributed by atoms with Gasteiger partial charge in [-0.3, -0.25) is 62.9 Å². The summed E-state index contributed by atoms with van der Waals surface area (Å²) in [5.74, 6) is -13.4.